The van der Waals surface area contributed by atoms with Gasteiger partial charge in [-0.15, -0.1) is 0 Å². The molecular formula is C13H16FNO2. The van der Waals surface area contributed by atoms with Gasteiger partial charge in [-0.1, -0.05) is 6.07 Å². The monoisotopic (exact) mass is 237 g/mol. The van der Waals surface area contributed by atoms with Gasteiger partial charge >= 0.3 is 0 Å². The van der Waals surface area contributed by atoms with Gasteiger partial charge in [0.15, 0.2) is 0 Å². The van der Waals surface area contributed by atoms with Crippen molar-refractivity contribution < 1.29 is 14.2 Å². The van der Waals surface area contributed by atoms with E-state index in [9.17, 15) is 9.60 Å². The predicted molar refractivity (Wildman–Crippen MR) is 61.0 cm³/mol. The largest absolute Gasteiger partial charge is 0.634 e. The first kappa shape index (κ1) is 11.1. The van der Waals surface area contributed by atoms with Crippen molar-refractivity contribution in [2.24, 2.45) is 0 Å². The third-order valence-corrected chi connectivity index (χ3v) is 3.80. The van der Waals surface area contributed by atoms with Crippen molar-refractivity contribution in [2.75, 3.05) is 13.2 Å². The predicted octanol–water partition coefficient (Wildman–Crippen LogP) is 0.985. The summed E-state index contributed by atoms with van der Waals surface area (Å²) in [5.41, 5.74) is 2.01. The lowest BCUT2D eigenvalue weighted by molar-refractivity contribution is -0.866. The molecule has 1 N–H and O–H groups in total. The van der Waals surface area contributed by atoms with Gasteiger partial charge in [0.2, 0.25) is 0 Å². The molecule has 2 unspecified atom stereocenters. The minimum absolute atomic E-state index is 0.0143. The van der Waals surface area contributed by atoms with Crippen LogP contribution in [0.5, 0.6) is 0 Å². The maximum Gasteiger partial charge on any atom is 0.135 e. The normalized spacial score (nSPS) is 32.5. The average Bonchev–Trinajstić information content (AvgIpc) is 2.74. The molecule has 0 aromatic heterocycles. The number of fused-ring (bicyclic) bond motifs is 1. The highest BCUT2D eigenvalue weighted by Gasteiger charge is 2.36. The zero-order valence-corrected chi connectivity index (χ0v) is 9.62. The molecule has 0 amide bonds. The fourth-order valence-electron chi connectivity index (χ4n) is 2.95. The molecule has 0 spiro atoms. The highest BCUT2D eigenvalue weighted by atomic mass is 19.1. The van der Waals surface area contributed by atoms with E-state index in [1.807, 2.05) is 0 Å². The van der Waals surface area contributed by atoms with Gasteiger partial charge in [0.25, 0.3) is 0 Å². The average molecular weight is 237 g/mol. The Morgan fingerprint density at radius 1 is 1.41 bits per heavy atom. The van der Waals surface area contributed by atoms with Gasteiger partial charge in [0.1, 0.15) is 18.0 Å². The first-order valence-corrected chi connectivity index (χ1v) is 6.18. The van der Waals surface area contributed by atoms with Crippen LogP contribution in [0.15, 0.2) is 18.2 Å². The maximum absolute atomic E-state index is 13.2. The van der Waals surface area contributed by atoms with Gasteiger partial charge in [-0.25, -0.2) is 4.39 Å². The van der Waals surface area contributed by atoms with Crippen LogP contribution in [0, 0.1) is 11.0 Å². The molecule has 92 valence electrons. The molecule has 0 radical (unpaired) electrons. The van der Waals surface area contributed by atoms with Crippen LogP contribution in [0.2, 0.25) is 0 Å². The van der Waals surface area contributed by atoms with Gasteiger partial charge in [-0.05, 0) is 29.7 Å². The summed E-state index contributed by atoms with van der Waals surface area (Å²) in [5, 5.41) is 12.1. The molecular weight excluding hydrogens is 221 g/mol. The Morgan fingerprint density at radius 3 is 3.06 bits per heavy atom. The molecule has 1 saturated heterocycles. The Labute approximate surface area is 99.8 Å². The van der Waals surface area contributed by atoms with Crippen LogP contribution in [0.3, 0.4) is 0 Å². The molecule has 3 rings (SSSR count). The molecule has 0 bridgehead atoms. The Morgan fingerprint density at radius 2 is 2.29 bits per heavy atom. The standard InChI is InChI=1S/C13H16FNO2/c14-10-3-4-11-9(8-10)5-7-17-13(11)12-2-1-6-15(12)16/h3-4,8,12-13,15H,1-2,5-7H2/t12-,13?/m1/s1. The highest BCUT2D eigenvalue weighted by Crippen LogP contribution is 2.31. The summed E-state index contributed by atoms with van der Waals surface area (Å²) in [7, 11) is 0. The summed E-state index contributed by atoms with van der Waals surface area (Å²) in [6, 6.07) is 4.80. The van der Waals surface area contributed by atoms with Gasteiger partial charge in [0, 0.05) is 12.8 Å². The summed E-state index contributed by atoms with van der Waals surface area (Å²) in [6.07, 6.45) is 2.46. The third kappa shape index (κ3) is 1.97. The van der Waals surface area contributed by atoms with Crippen molar-refractivity contribution in [2.45, 2.75) is 31.4 Å². The molecule has 2 heterocycles. The number of quaternary nitrogens is 1. The summed E-state index contributed by atoms with van der Waals surface area (Å²) in [5.74, 6) is -0.206. The number of hydrogen-bond donors (Lipinski definition) is 1. The fourth-order valence-corrected chi connectivity index (χ4v) is 2.95. The maximum atomic E-state index is 13.2. The number of benzene rings is 1. The second-order valence-electron chi connectivity index (χ2n) is 4.85. The summed E-state index contributed by atoms with van der Waals surface area (Å²) in [6.45, 7) is 1.26. The van der Waals surface area contributed by atoms with E-state index < -0.39 is 0 Å². The highest BCUT2D eigenvalue weighted by molar-refractivity contribution is 5.32. The first-order valence-electron chi connectivity index (χ1n) is 6.18. The second-order valence-corrected chi connectivity index (χ2v) is 4.85. The lowest BCUT2D eigenvalue weighted by Crippen LogP contribution is -3.09. The van der Waals surface area contributed by atoms with E-state index >= 15 is 0 Å². The van der Waals surface area contributed by atoms with E-state index in [1.54, 1.807) is 12.1 Å². The first-order chi connectivity index (χ1) is 8.25. The summed E-state index contributed by atoms with van der Waals surface area (Å²) < 4.78 is 18.9. The second kappa shape index (κ2) is 4.37. The fraction of sp³-hybridized carbons (Fsp3) is 0.538. The van der Waals surface area contributed by atoms with Gasteiger partial charge in [-0.2, -0.15) is 0 Å². The van der Waals surface area contributed by atoms with Crippen LogP contribution < -0.4 is 5.06 Å². The van der Waals surface area contributed by atoms with Crippen molar-refractivity contribution in [3.05, 3.63) is 40.4 Å². The Bertz CT molecular complexity index is 424. The summed E-state index contributed by atoms with van der Waals surface area (Å²) >= 11 is 0. The number of halogens is 1. The number of hydrogen-bond acceptors (Lipinski definition) is 2. The lowest BCUT2D eigenvalue weighted by atomic mass is 9.92. The molecule has 2 aliphatic heterocycles. The molecule has 3 atom stereocenters. The van der Waals surface area contributed by atoms with E-state index in [1.165, 1.54) is 6.07 Å². The van der Waals surface area contributed by atoms with Gasteiger partial charge < -0.3 is 15.0 Å². The number of nitrogens with one attached hydrogen (secondary N) is 1. The van der Waals surface area contributed by atoms with Crippen molar-refractivity contribution in [1.82, 2.24) is 0 Å². The molecule has 4 heteroatoms. The molecule has 0 aliphatic carbocycles. The van der Waals surface area contributed by atoms with Crippen LogP contribution in [0.1, 0.15) is 30.1 Å². The topological polar surface area (TPSA) is 36.7 Å². The number of ether oxygens (including phenoxy) is 1. The van der Waals surface area contributed by atoms with Crippen molar-refractivity contribution >= 4 is 0 Å². The van der Waals surface area contributed by atoms with Crippen LogP contribution in [-0.4, -0.2) is 19.2 Å². The van der Waals surface area contributed by atoms with Crippen molar-refractivity contribution in [3.8, 4) is 0 Å². The van der Waals surface area contributed by atoms with E-state index in [2.05, 4.69) is 0 Å². The van der Waals surface area contributed by atoms with E-state index in [0.717, 1.165) is 30.4 Å². The van der Waals surface area contributed by atoms with E-state index in [4.69, 9.17) is 4.74 Å². The molecule has 3 nitrogen and oxygen atoms in total. The van der Waals surface area contributed by atoms with E-state index in [0.29, 0.717) is 18.2 Å². The minimum atomic E-state index is -0.206. The Kier molecular flexibility index (Phi) is 2.86. The smallest absolute Gasteiger partial charge is 0.135 e. The van der Waals surface area contributed by atoms with Crippen LogP contribution in [-0.2, 0) is 11.2 Å². The van der Waals surface area contributed by atoms with E-state index in [-0.39, 0.29) is 18.0 Å². The van der Waals surface area contributed by atoms with Gasteiger partial charge in [-0.3, -0.25) is 0 Å². The van der Waals surface area contributed by atoms with Crippen LogP contribution >= 0.6 is 0 Å². The molecule has 0 saturated carbocycles. The quantitative estimate of drug-likeness (QED) is 0.739. The molecule has 1 aromatic carbocycles. The Hall–Kier alpha value is -0.970. The zero-order valence-electron chi connectivity index (χ0n) is 9.62. The third-order valence-electron chi connectivity index (χ3n) is 3.80. The van der Waals surface area contributed by atoms with Gasteiger partial charge in [0.05, 0.1) is 13.2 Å². The minimum Gasteiger partial charge on any atom is -0.634 e. The SMILES string of the molecule is [O-][NH+]1CCC[C@@H]1C1OCCc2cc(F)ccc21. The molecule has 2 aliphatic rings. The molecule has 17 heavy (non-hydrogen) atoms. The number of hydroxylamine groups is 2. The molecule has 1 aromatic rings. The van der Waals surface area contributed by atoms with Crippen molar-refractivity contribution in [1.29, 1.82) is 0 Å². The van der Waals surface area contributed by atoms with Crippen LogP contribution in [0.4, 0.5) is 4.39 Å². The summed E-state index contributed by atoms with van der Waals surface area (Å²) in [4.78, 5) is 0. The Balaban J connectivity index is 1.93. The van der Waals surface area contributed by atoms with Crippen molar-refractivity contribution in [3.63, 3.8) is 0 Å². The zero-order chi connectivity index (χ0) is 11.8. The molecule has 1 fully saturated rings. The lowest BCUT2D eigenvalue weighted by Gasteiger charge is -2.34. The van der Waals surface area contributed by atoms with Crippen LogP contribution in [0.25, 0.3) is 0 Å². The number of rotatable bonds is 1.